The molecule has 0 spiro atoms. The molecule has 0 aliphatic carbocycles. The first-order valence-corrected chi connectivity index (χ1v) is 6.14. The van der Waals surface area contributed by atoms with Crippen LogP contribution in [0.5, 0.6) is 0 Å². The Morgan fingerprint density at radius 2 is 2.00 bits per heavy atom. The van der Waals surface area contributed by atoms with Gasteiger partial charge in [0.1, 0.15) is 0 Å². The van der Waals surface area contributed by atoms with E-state index in [1.807, 2.05) is 6.07 Å². The van der Waals surface area contributed by atoms with Crippen molar-refractivity contribution in [2.45, 2.75) is 0 Å². The molecule has 1 aromatic carbocycles. The van der Waals surface area contributed by atoms with Crippen LogP contribution < -0.4 is 0 Å². The molecule has 0 atom stereocenters. The number of aromatic amines is 1. The van der Waals surface area contributed by atoms with Crippen molar-refractivity contribution in [1.82, 2.24) is 4.98 Å². The third kappa shape index (κ3) is 1.79. The molecule has 16 heavy (non-hydrogen) atoms. The van der Waals surface area contributed by atoms with Crippen LogP contribution in [0.3, 0.4) is 0 Å². The Balaban J connectivity index is 1.95. The maximum absolute atomic E-state index is 3.37. The Kier molecular flexibility index (Phi) is 2.35. The Labute approximate surface area is 98.1 Å². The van der Waals surface area contributed by atoms with Crippen LogP contribution in [0.2, 0.25) is 0 Å². The van der Waals surface area contributed by atoms with Gasteiger partial charge in [-0.1, -0.05) is 24.3 Å². The molecule has 0 bridgehead atoms. The second-order valence-electron chi connectivity index (χ2n) is 3.70. The Morgan fingerprint density at radius 3 is 2.81 bits per heavy atom. The first-order valence-electron chi connectivity index (χ1n) is 5.20. The molecule has 2 heteroatoms. The predicted octanol–water partition coefficient (Wildman–Crippen LogP) is 4.40. The molecule has 2 aromatic heterocycles. The number of fused-ring (bicyclic) bond motifs is 1. The van der Waals surface area contributed by atoms with Crippen LogP contribution in [-0.4, -0.2) is 4.98 Å². The van der Waals surface area contributed by atoms with Crippen LogP contribution in [0.15, 0.2) is 47.2 Å². The third-order valence-corrected chi connectivity index (χ3v) is 3.25. The van der Waals surface area contributed by atoms with Crippen molar-refractivity contribution in [3.05, 3.63) is 58.4 Å². The van der Waals surface area contributed by atoms with Gasteiger partial charge in [-0.15, -0.1) is 0 Å². The Bertz CT molecular complexity index is 584. The van der Waals surface area contributed by atoms with Crippen LogP contribution in [0.1, 0.15) is 11.3 Å². The van der Waals surface area contributed by atoms with Gasteiger partial charge >= 0.3 is 0 Å². The highest BCUT2D eigenvalue weighted by atomic mass is 32.1. The summed E-state index contributed by atoms with van der Waals surface area (Å²) >= 11 is 1.72. The van der Waals surface area contributed by atoms with Crippen molar-refractivity contribution >= 4 is 34.4 Å². The topological polar surface area (TPSA) is 15.8 Å². The van der Waals surface area contributed by atoms with Gasteiger partial charge in [-0.25, -0.2) is 0 Å². The summed E-state index contributed by atoms with van der Waals surface area (Å²) < 4.78 is 0. The quantitative estimate of drug-likeness (QED) is 0.665. The van der Waals surface area contributed by atoms with Crippen LogP contribution >= 0.6 is 11.3 Å². The number of benzene rings is 1. The summed E-state index contributed by atoms with van der Waals surface area (Å²) in [6.07, 6.45) is 4.24. The number of rotatable bonds is 2. The predicted molar refractivity (Wildman–Crippen MR) is 71.5 cm³/mol. The monoisotopic (exact) mass is 225 g/mol. The van der Waals surface area contributed by atoms with Crippen molar-refractivity contribution in [3.63, 3.8) is 0 Å². The molecule has 0 aliphatic heterocycles. The summed E-state index contributed by atoms with van der Waals surface area (Å²) in [6, 6.07) is 12.6. The summed E-state index contributed by atoms with van der Waals surface area (Å²) in [6.45, 7) is 0. The van der Waals surface area contributed by atoms with Crippen LogP contribution in [0, 0.1) is 0 Å². The number of nitrogens with one attached hydrogen (secondary N) is 1. The van der Waals surface area contributed by atoms with Gasteiger partial charge in [-0.05, 0) is 46.0 Å². The SMILES string of the molecule is C(=C\c1cc2ccccc2[nH]1)/c1ccsc1. The molecule has 78 valence electrons. The smallest absolute Gasteiger partial charge is 0.0458 e. The Morgan fingerprint density at radius 1 is 1.06 bits per heavy atom. The number of thiophene rings is 1. The molecule has 3 aromatic rings. The summed E-state index contributed by atoms with van der Waals surface area (Å²) in [7, 11) is 0. The van der Waals surface area contributed by atoms with E-state index in [-0.39, 0.29) is 0 Å². The van der Waals surface area contributed by atoms with E-state index in [9.17, 15) is 0 Å². The van der Waals surface area contributed by atoms with Gasteiger partial charge in [-0.3, -0.25) is 0 Å². The average molecular weight is 225 g/mol. The molecule has 0 fully saturated rings. The first-order chi connectivity index (χ1) is 7.92. The minimum Gasteiger partial charge on any atom is -0.355 e. The van der Waals surface area contributed by atoms with Crippen molar-refractivity contribution < 1.29 is 0 Å². The molecular weight excluding hydrogens is 214 g/mol. The van der Waals surface area contributed by atoms with Crippen LogP contribution in [-0.2, 0) is 0 Å². The van der Waals surface area contributed by atoms with E-state index < -0.39 is 0 Å². The lowest BCUT2D eigenvalue weighted by molar-refractivity contribution is 1.43. The third-order valence-electron chi connectivity index (χ3n) is 2.55. The maximum atomic E-state index is 3.37. The summed E-state index contributed by atoms with van der Waals surface area (Å²) in [4.78, 5) is 3.37. The molecule has 0 aliphatic rings. The van der Waals surface area contributed by atoms with Crippen molar-refractivity contribution in [3.8, 4) is 0 Å². The number of aromatic nitrogens is 1. The fraction of sp³-hybridized carbons (Fsp3) is 0. The molecule has 1 nitrogen and oxygen atoms in total. The fourth-order valence-electron chi connectivity index (χ4n) is 1.74. The highest BCUT2D eigenvalue weighted by Gasteiger charge is 1.95. The van der Waals surface area contributed by atoms with E-state index in [4.69, 9.17) is 0 Å². The number of hydrogen-bond acceptors (Lipinski definition) is 1. The second-order valence-corrected chi connectivity index (χ2v) is 4.48. The zero-order valence-electron chi connectivity index (χ0n) is 8.68. The largest absolute Gasteiger partial charge is 0.355 e. The zero-order chi connectivity index (χ0) is 10.8. The molecule has 2 heterocycles. The van der Waals surface area contributed by atoms with E-state index >= 15 is 0 Å². The fourth-order valence-corrected chi connectivity index (χ4v) is 2.37. The second kappa shape index (κ2) is 3.99. The highest BCUT2D eigenvalue weighted by molar-refractivity contribution is 7.08. The number of hydrogen-bond donors (Lipinski definition) is 1. The van der Waals surface area contributed by atoms with Crippen molar-refractivity contribution in [2.24, 2.45) is 0 Å². The average Bonchev–Trinajstić information content (AvgIpc) is 2.95. The Hall–Kier alpha value is -1.80. The van der Waals surface area contributed by atoms with Crippen molar-refractivity contribution in [2.75, 3.05) is 0 Å². The molecule has 1 N–H and O–H groups in total. The summed E-state index contributed by atoms with van der Waals surface area (Å²) in [5.74, 6) is 0. The lowest BCUT2D eigenvalue weighted by Crippen LogP contribution is -1.68. The van der Waals surface area contributed by atoms with Gasteiger partial charge in [0.2, 0.25) is 0 Å². The molecule has 0 saturated carbocycles. The van der Waals surface area contributed by atoms with Gasteiger partial charge in [0.25, 0.3) is 0 Å². The van der Waals surface area contributed by atoms with Crippen molar-refractivity contribution in [1.29, 1.82) is 0 Å². The van der Waals surface area contributed by atoms with Gasteiger partial charge in [0.15, 0.2) is 0 Å². The molecule has 0 unspecified atom stereocenters. The lowest BCUT2D eigenvalue weighted by atomic mass is 10.2. The molecule has 0 saturated heterocycles. The highest BCUT2D eigenvalue weighted by Crippen LogP contribution is 2.17. The minimum absolute atomic E-state index is 1.15. The van der Waals surface area contributed by atoms with E-state index in [0.29, 0.717) is 0 Å². The normalized spacial score (nSPS) is 11.5. The lowest BCUT2D eigenvalue weighted by Gasteiger charge is -1.85. The van der Waals surface area contributed by atoms with Gasteiger partial charge in [-0.2, -0.15) is 11.3 Å². The summed E-state index contributed by atoms with van der Waals surface area (Å²) in [5.41, 5.74) is 3.59. The zero-order valence-corrected chi connectivity index (χ0v) is 9.50. The summed E-state index contributed by atoms with van der Waals surface area (Å²) in [5, 5.41) is 5.48. The molecule has 0 amide bonds. The van der Waals surface area contributed by atoms with Crippen LogP contribution in [0.25, 0.3) is 23.1 Å². The standard InChI is InChI=1S/C14H11NS/c1-2-4-14-12(3-1)9-13(15-14)6-5-11-7-8-16-10-11/h1-10,15H/b6-5+. The minimum atomic E-state index is 1.15. The van der Waals surface area contributed by atoms with Gasteiger partial charge < -0.3 is 4.98 Å². The van der Waals surface area contributed by atoms with Gasteiger partial charge in [0.05, 0.1) is 0 Å². The molecule has 3 rings (SSSR count). The molecular formula is C14H11NS. The van der Waals surface area contributed by atoms with E-state index in [1.54, 1.807) is 11.3 Å². The molecule has 0 radical (unpaired) electrons. The van der Waals surface area contributed by atoms with Gasteiger partial charge in [0, 0.05) is 11.2 Å². The van der Waals surface area contributed by atoms with Crippen LogP contribution in [0.4, 0.5) is 0 Å². The van der Waals surface area contributed by atoms with E-state index in [0.717, 1.165) is 5.69 Å². The van der Waals surface area contributed by atoms with E-state index in [1.165, 1.54) is 16.5 Å². The number of para-hydroxylation sites is 1. The first kappa shape index (κ1) is 9.43. The number of H-pyrrole nitrogens is 1. The van der Waals surface area contributed by atoms with E-state index in [2.05, 4.69) is 58.2 Å². The maximum Gasteiger partial charge on any atom is 0.0458 e.